The van der Waals surface area contributed by atoms with Crippen LogP contribution in [0.1, 0.15) is 34.2 Å². The van der Waals surface area contributed by atoms with E-state index in [9.17, 15) is 14.4 Å². The Morgan fingerprint density at radius 1 is 0.529 bits per heavy atom. The third kappa shape index (κ3) is 7.21. The van der Waals surface area contributed by atoms with E-state index in [0.717, 1.165) is 0 Å². The molecule has 0 unspecified atom stereocenters. The van der Waals surface area contributed by atoms with Gasteiger partial charge in [-0.25, -0.2) is 14.4 Å². The standard InChI is InChI=1S/3C6H7ClN2O2.Fe/c3*1-3-5(7)4(2)9(11)6(10)8-3;/h3*11H,1-2H3;. The van der Waals surface area contributed by atoms with E-state index in [1.165, 1.54) is 0 Å². The summed E-state index contributed by atoms with van der Waals surface area (Å²) in [6.07, 6.45) is 0. The van der Waals surface area contributed by atoms with Crippen LogP contribution in [0, 0.1) is 41.5 Å². The maximum absolute atomic E-state index is 10.8. The van der Waals surface area contributed by atoms with Crippen LogP contribution in [-0.4, -0.2) is 44.8 Å². The summed E-state index contributed by atoms with van der Waals surface area (Å²) >= 11 is 17.0. The molecule has 0 aliphatic heterocycles. The smallest absolute Gasteiger partial charge is 0.380 e. The number of aromatic nitrogens is 6. The van der Waals surface area contributed by atoms with Crippen molar-refractivity contribution in [1.29, 1.82) is 0 Å². The van der Waals surface area contributed by atoms with Crippen LogP contribution >= 0.6 is 34.8 Å². The predicted molar refractivity (Wildman–Crippen MR) is 120 cm³/mol. The Morgan fingerprint density at radius 2 is 0.706 bits per heavy atom. The maximum atomic E-state index is 10.8. The largest absolute Gasteiger partial charge is 0.424 e. The molecule has 12 nitrogen and oxygen atoms in total. The third-order valence-electron chi connectivity index (χ3n) is 4.19. The monoisotopic (exact) mass is 578 g/mol. The van der Waals surface area contributed by atoms with Gasteiger partial charge >= 0.3 is 17.1 Å². The zero-order valence-corrected chi connectivity index (χ0v) is 22.1. The van der Waals surface area contributed by atoms with Crippen molar-refractivity contribution >= 4 is 34.8 Å². The van der Waals surface area contributed by atoms with Gasteiger partial charge < -0.3 is 15.6 Å². The molecule has 0 aliphatic rings. The van der Waals surface area contributed by atoms with Crippen LogP contribution in [0.3, 0.4) is 0 Å². The van der Waals surface area contributed by atoms with E-state index in [-0.39, 0.29) is 17.1 Å². The van der Waals surface area contributed by atoms with Crippen molar-refractivity contribution in [3.05, 3.63) is 80.7 Å². The average Bonchev–Trinajstić information content (AvgIpc) is 2.77. The van der Waals surface area contributed by atoms with Crippen LogP contribution in [-0.2, 0) is 17.1 Å². The maximum Gasteiger partial charge on any atom is 0.380 e. The van der Waals surface area contributed by atoms with Crippen molar-refractivity contribution in [2.24, 2.45) is 0 Å². The SMILES string of the molecule is Cc1nc(=O)n(O)c(C)c1Cl.Cc1nc(=O)n(O)c(C)c1Cl.Cc1nc(=O)n(O)c(C)c1Cl.[Fe]. The molecular formula is C18H21Cl3FeN6O6. The molecule has 0 amide bonds. The molecule has 0 bridgehead atoms. The molecule has 3 N–H and O–H groups in total. The minimum atomic E-state index is -0.704. The van der Waals surface area contributed by atoms with Gasteiger partial charge in [-0.1, -0.05) is 34.8 Å². The molecule has 188 valence electrons. The van der Waals surface area contributed by atoms with Crippen LogP contribution in [0.2, 0.25) is 15.1 Å². The Labute approximate surface area is 218 Å². The number of aryl methyl sites for hydroxylation is 3. The van der Waals surface area contributed by atoms with Gasteiger partial charge in [-0.05, 0) is 41.5 Å². The van der Waals surface area contributed by atoms with Crippen LogP contribution in [0.5, 0.6) is 0 Å². The summed E-state index contributed by atoms with van der Waals surface area (Å²) in [6.45, 7) is 9.44. The third-order valence-corrected chi connectivity index (χ3v) is 5.83. The summed E-state index contributed by atoms with van der Waals surface area (Å²) in [5.41, 5.74) is 0.106. The molecule has 34 heavy (non-hydrogen) atoms. The van der Waals surface area contributed by atoms with Gasteiger partial charge in [0.1, 0.15) is 0 Å². The molecule has 0 aromatic carbocycles. The number of rotatable bonds is 0. The van der Waals surface area contributed by atoms with Gasteiger partial charge in [0, 0.05) is 17.1 Å². The molecule has 16 heteroatoms. The van der Waals surface area contributed by atoms with E-state index in [4.69, 9.17) is 50.4 Å². The first kappa shape index (κ1) is 31.4. The number of nitrogens with zero attached hydrogens (tertiary/aromatic N) is 6. The Hall–Kier alpha value is -2.57. The van der Waals surface area contributed by atoms with Crippen molar-refractivity contribution in [3.63, 3.8) is 0 Å². The molecule has 0 radical (unpaired) electrons. The second-order valence-electron chi connectivity index (χ2n) is 6.57. The van der Waals surface area contributed by atoms with Gasteiger partial charge in [-0.3, -0.25) is 0 Å². The molecule has 0 fully saturated rings. The second-order valence-corrected chi connectivity index (χ2v) is 7.71. The van der Waals surface area contributed by atoms with E-state index in [0.29, 0.717) is 63.4 Å². The molecular weight excluding hydrogens is 558 g/mol. The molecule has 0 saturated carbocycles. The Kier molecular flexibility index (Phi) is 11.8. The number of hydrogen-bond acceptors (Lipinski definition) is 9. The van der Waals surface area contributed by atoms with Crippen LogP contribution in [0.25, 0.3) is 0 Å². The van der Waals surface area contributed by atoms with E-state index < -0.39 is 17.1 Å². The Bertz CT molecular complexity index is 1210. The van der Waals surface area contributed by atoms with Crippen molar-refractivity contribution < 1.29 is 32.7 Å². The molecule has 0 saturated heterocycles. The summed E-state index contributed by atoms with van der Waals surface area (Å²) in [6, 6.07) is 0. The first-order chi connectivity index (χ1) is 15.1. The van der Waals surface area contributed by atoms with Gasteiger partial charge in [-0.2, -0.15) is 15.0 Å². The molecule has 0 spiro atoms. The van der Waals surface area contributed by atoms with Gasteiger partial charge in [0.15, 0.2) is 0 Å². The molecule has 3 rings (SSSR count). The summed E-state index contributed by atoms with van der Waals surface area (Å²) < 4.78 is 1.28. The minimum absolute atomic E-state index is 0. The Morgan fingerprint density at radius 3 is 0.882 bits per heavy atom. The average molecular weight is 580 g/mol. The van der Waals surface area contributed by atoms with Gasteiger partial charge in [0.05, 0.1) is 49.2 Å². The van der Waals surface area contributed by atoms with E-state index in [1.54, 1.807) is 41.5 Å². The van der Waals surface area contributed by atoms with Gasteiger partial charge in [0.25, 0.3) is 0 Å². The van der Waals surface area contributed by atoms with E-state index in [1.807, 2.05) is 0 Å². The van der Waals surface area contributed by atoms with Crippen molar-refractivity contribution in [1.82, 2.24) is 29.1 Å². The van der Waals surface area contributed by atoms with Crippen molar-refractivity contribution in [2.75, 3.05) is 0 Å². The van der Waals surface area contributed by atoms with Gasteiger partial charge in [0.2, 0.25) is 0 Å². The topological polar surface area (TPSA) is 165 Å². The summed E-state index contributed by atoms with van der Waals surface area (Å²) in [5.74, 6) is 0. The second kappa shape index (κ2) is 12.8. The first-order valence-corrected chi connectivity index (χ1v) is 10.1. The first-order valence-electron chi connectivity index (χ1n) is 8.96. The van der Waals surface area contributed by atoms with Crippen LogP contribution in [0.15, 0.2) is 14.4 Å². The number of hydrogen-bond donors (Lipinski definition) is 3. The fraction of sp³-hybridized carbons (Fsp3) is 0.333. The molecule has 3 aromatic rings. The number of halogens is 3. The van der Waals surface area contributed by atoms with Gasteiger partial charge in [-0.15, -0.1) is 14.2 Å². The predicted octanol–water partition coefficient (Wildman–Crippen LogP) is 2.25. The molecule has 0 atom stereocenters. The fourth-order valence-electron chi connectivity index (χ4n) is 2.21. The minimum Gasteiger partial charge on any atom is -0.424 e. The quantitative estimate of drug-likeness (QED) is 0.268. The molecule has 0 aliphatic carbocycles. The zero-order valence-electron chi connectivity index (χ0n) is 18.7. The summed E-state index contributed by atoms with van der Waals surface area (Å²) in [4.78, 5) is 42.6. The van der Waals surface area contributed by atoms with Crippen molar-refractivity contribution in [2.45, 2.75) is 41.5 Å². The summed E-state index contributed by atoms with van der Waals surface area (Å²) in [7, 11) is 0. The molecule has 3 aromatic heterocycles. The van der Waals surface area contributed by atoms with E-state index in [2.05, 4.69) is 15.0 Å². The van der Waals surface area contributed by atoms with Crippen LogP contribution in [0.4, 0.5) is 0 Å². The summed E-state index contributed by atoms with van der Waals surface area (Å²) in [5, 5.41) is 27.8. The Balaban J connectivity index is 0.000000473. The van der Waals surface area contributed by atoms with E-state index >= 15 is 0 Å². The normalized spacial score (nSPS) is 9.79. The van der Waals surface area contributed by atoms with Crippen molar-refractivity contribution in [3.8, 4) is 0 Å². The zero-order chi connectivity index (χ0) is 25.8. The fourth-order valence-corrected chi connectivity index (χ4v) is 2.58. The van der Waals surface area contributed by atoms with Crippen LogP contribution < -0.4 is 17.1 Å². The molecule has 3 heterocycles.